The molecule has 2 aromatic carbocycles. The van der Waals surface area contributed by atoms with Crippen molar-refractivity contribution in [2.45, 2.75) is 32.7 Å². The Morgan fingerprint density at radius 1 is 1.09 bits per heavy atom. The lowest BCUT2D eigenvalue weighted by Gasteiger charge is -2.21. The molecule has 0 saturated carbocycles. The van der Waals surface area contributed by atoms with Crippen molar-refractivity contribution in [3.63, 3.8) is 0 Å². The minimum atomic E-state index is 0.448. The summed E-state index contributed by atoms with van der Waals surface area (Å²) in [5, 5.41) is 6.99. The number of nitrogens with zero attached hydrogens (tertiary/aromatic N) is 3. The van der Waals surface area contributed by atoms with E-state index in [-0.39, 0.29) is 0 Å². The number of rotatable bonds is 10. The molecule has 33 heavy (non-hydrogen) atoms. The fraction of sp³-hybridized carbons (Fsp3) is 0.385. The van der Waals surface area contributed by atoms with Crippen LogP contribution in [0.3, 0.4) is 0 Å². The molecular weight excluding hydrogens is 414 g/mol. The number of ether oxygens (including phenoxy) is 2. The largest absolute Gasteiger partial charge is 0.497 e. The molecule has 0 spiro atoms. The summed E-state index contributed by atoms with van der Waals surface area (Å²) < 4.78 is 11.5. The molecule has 174 valence electrons. The maximum absolute atomic E-state index is 6.21. The summed E-state index contributed by atoms with van der Waals surface area (Å²) in [6, 6.07) is 16.3. The molecule has 7 heteroatoms. The molecule has 0 radical (unpaired) electrons. The number of aromatic nitrogens is 2. The van der Waals surface area contributed by atoms with Crippen LogP contribution in [0.5, 0.6) is 17.4 Å². The van der Waals surface area contributed by atoms with E-state index in [0.29, 0.717) is 23.5 Å². The van der Waals surface area contributed by atoms with E-state index < -0.39 is 0 Å². The van der Waals surface area contributed by atoms with Gasteiger partial charge in [0.15, 0.2) is 5.82 Å². The Bertz CT molecular complexity index is 1030. The molecule has 1 atom stereocenters. The van der Waals surface area contributed by atoms with Crippen LogP contribution in [0.2, 0.25) is 0 Å². The van der Waals surface area contributed by atoms with Gasteiger partial charge in [-0.1, -0.05) is 12.1 Å². The van der Waals surface area contributed by atoms with Crippen LogP contribution >= 0.6 is 0 Å². The molecule has 0 aliphatic carbocycles. The second kappa shape index (κ2) is 11.0. The molecule has 1 aliphatic heterocycles. The van der Waals surface area contributed by atoms with E-state index in [9.17, 15) is 0 Å². The van der Waals surface area contributed by atoms with Crippen LogP contribution < -0.4 is 25.0 Å². The highest BCUT2D eigenvalue weighted by Crippen LogP contribution is 2.31. The Morgan fingerprint density at radius 2 is 1.88 bits per heavy atom. The quantitative estimate of drug-likeness (QED) is 0.455. The van der Waals surface area contributed by atoms with Crippen LogP contribution in [0.15, 0.2) is 54.7 Å². The predicted octanol–water partition coefficient (Wildman–Crippen LogP) is 4.95. The molecule has 1 aromatic heterocycles. The fourth-order valence-electron chi connectivity index (χ4n) is 4.05. The van der Waals surface area contributed by atoms with Gasteiger partial charge in [-0.05, 0) is 69.6 Å². The Kier molecular flexibility index (Phi) is 7.62. The SMILES string of the molecule is CCN(CC)c1cccc(-c2ncc(NC[C@@H]3CCCN3)c(Oc3ccc(OC)cc3)n2)c1. The topological polar surface area (TPSA) is 71.5 Å². The van der Waals surface area contributed by atoms with Gasteiger partial charge >= 0.3 is 0 Å². The molecule has 2 N–H and O–H groups in total. The summed E-state index contributed by atoms with van der Waals surface area (Å²) in [6.45, 7) is 8.09. The van der Waals surface area contributed by atoms with Gasteiger partial charge in [0.05, 0.1) is 13.3 Å². The minimum Gasteiger partial charge on any atom is -0.497 e. The van der Waals surface area contributed by atoms with E-state index in [1.807, 2.05) is 42.6 Å². The second-order valence-electron chi connectivity index (χ2n) is 8.09. The Hall–Kier alpha value is -3.32. The zero-order valence-electron chi connectivity index (χ0n) is 19.7. The van der Waals surface area contributed by atoms with Gasteiger partial charge < -0.3 is 25.0 Å². The van der Waals surface area contributed by atoms with E-state index in [0.717, 1.165) is 48.9 Å². The molecule has 2 heterocycles. The molecule has 1 fully saturated rings. The van der Waals surface area contributed by atoms with Crippen molar-refractivity contribution in [2.75, 3.05) is 43.5 Å². The summed E-state index contributed by atoms with van der Waals surface area (Å²) in [7, 11) is 1.65. The third kappa shape index (κ3) is 5.73. The van der Waals surface area contributed by atoms with Crippen LogP contribution in [0.25, 0.3) is 11.4 Å². The number of methoxy groups -OCH3 is 1. The van der Waals surface area contributed by atoms with Crippen LogP contribution in [-0.2, 0) is 0 Å². The molecule has 0 amide bonds. The zero-order chi connectivity index (χ0) is 23.0. The van der Waals surface area contributed by atoms with Crippen LogP contribution in [0.1, 0.15) is 26.7 Å². The van der Waals surface area contributed by atoms with Crippen molar-refractivity contribution in [2.24, 2.45) is 0 Å². The van der Waals surface area contributed by atoms with E-state index in [1.165, 1.54) is 12.8 Å². The van der Waals surface area contributed by atoms with Gasteiger partial charge in [-0.3, -0.25) is 0 Å². The lowest BCUT2D eigenvalue weighted by atomic mass is 10.1. The van der Waals surface area contributed by atoms with Crippen molar-refractivity contribution >= 4 is 11.4 Å². The molecule has 0 bridgehead atoms. The third-order valence-electron chi connectivity index (χ3n) is 5.96. The van der Waals surface area contributed by atoms with Gasteiger partial charge in [-0.25, -0.2) is 4.98 Å². The first kappa shape index (κ1) is 22.9. The Balaban J connectivity index is 1.63. The second-order valence-corrected chi connectivity index (χ2v) is 8.09. The first-order valence-corrected chi connectivity index (χ1v) is 11.7. The van der Waals surface area contributed by atoms with E-state index in [4.69, 9.17) is 14.5 Å². The lowest BCUT2D eigenvalue weighted by molar-refractivity contribution is 0.412. The summed E-state index contributed by atoms with van der Waals surface area (Å²) in [6.07, 6.45) is 4.19. The van der Waals surface area contributed by atoms with E-state index in [1.54, 1.807) is 7.11 Å². The van der Waals surface area contributed by atoms with Crippen molar-refractivity contribution < 1.29 is 9.47 Å². The predicted molar refractivity (Wildman–Crippen MR) is 134 cm³/mol. The average Bonchev–Trinajstić information content (AvgIpc) is 3.38. The van der Waals surface area contributed by atoms with Gasteiger partial charge in [0.1, 0.15) is 17.2 Å². The van der Waals surface area contributed by atoms with Crippen molar-refractivity contribution in [1.82, 2.24) is 15.3 Å². The van der Waals surface area contributed by atoms with Crippen molar-refractivity contribution in [3.8, 4) is 28.8 Å². The van der Waals surface area contributed by atoms with Crippen LogP contribution in [-0.4, -0.2) is 49.3 Å². The molecule has 0 unspecified atom stereocenters. The van der Waals surface area contributed by atoms with Gasteiger partial charge in [0, 0.05) is 36.9 Å². The molecule has 3 aromatic rings. The highest BCUT2D eigenvalue weighted by Gasteiger charge is 2.17. The molecule has 1 aliphatic rings. The van der Waals surface area contributed by atoms with Crippen molar-refractivity contribution in [1.29, 1.82) is 0 Å². The van der Waals surface area contributed by atoms with Gasteiger partial charge in [0.25, 0.3) is 0 Å². The van der Waals surface area contributed by atoms with Crippen molar-refractivity contribution in [3.05, 3.63) is 54.7 Å². The Morgan fingerprint density at radius 3 is 2.58 bits per heavy atom. The van der Waals surface area contributed by atoms with E-state index in [2.05, 4.69) is 46.5 Å². The smallest absolute Gasteiger partial charge is 0.246 e. The Labute approximate surface area is 196 Å². The lowest BCUT2D eigenvalue weighted by Crippen LogP contribution is -2.29. The normalized spacial score (nSPS) is 15.3. The van der Waals surface area contributed by atoms with Crippen LogP contribution in [0, 0.1) is 0 Å². The molecular formula is C26H33N5O2. The highest BCUT2D eigenvalue weighted by atomic mass is 16.5. The maximum atomic E-state index is 6.21. The highest BCUT2D eigenvalue weighted by molar-refractivity contribution is 5.65. The van der Waals surface area contributed by atoms with Crippen LogP contribution in [0.4, 0.5) is 11.4 Å². The van der Waals surface area contributed by atoms with Gasteiger partial charge in [-0.15, -0.1) is 0 Å². The first-order chi connectivity index (χ1) is 16.2. The van der Waals surface area contributed by atoms with Gasteiger partial charge in [0.2, 0.25) is 5.88 Å². The summed E-state index contributed by atoms with van der Waals surface area (Å²) in [5.74, 6) is 2.62. The van der Waals surface area contributed by atoms with Gasteiger partial charge in [-0.2, -0.15) is 4.98 Å². The summed E-state index contributed by atoms with van der Waals surface area (Å²) in [5.41, 5.74) is 2.90. The van der Waals surface area contributed by atoms with E-state index >= 15 is 0 Å². The zero-order valence-corrected chi connectivity index (χ0v) is 19.7. The molecule has 4 rings (SSSR count). The number of hydrogen-bond acceptors (Lipinski definition) is 7. The monoisotopic (exact) mass is 447 g/mol. The number of anilines is 2. The molecule has 7 nitrogen and oxygen atoms in total. The minimum absolute atomic E-state index is 0.448. The standard InChI is InChI=1S/C26H33N5O2/c1-4-31(5-2)21-10-6-8-19(16-21)25-29-18-24(28-17-20-9-7-15-27-20)26(30-25)33-23-13-11-22(32-3)12-14-23/h6,8,10-14,16,18,20,27-28H,4-5,7,9,15,17H2,1-3H3/t20-/m0/s1. The molecule has 1 saturated heterocycles. The fourth-order valence-corrected chi connectivity index (χ4v) is 4.05. The average molecular weight is 448 g/mol. The summed E-state index contributed by atoms with van der Waals surface area (Å²) in [4.78, 5) is 11.8. The summed E-state index contributed by atoms with van der Waals surface area (Å²) >= 11 is 0. The maximum Gasteiger partial charge on any atom is 0.246 e. The number of hydrogen-bond donors (Lipinski definition) is 2. The third-order valence-corrected chi connectivity index (χ3v) is 5.96. The first-order valence-electron chi connectivity index (χ1n) is 11.7. The number of benzene rings is 2. The number of nitrogens with one attached hydrogen (secondary N) is 2.